The van der Waals surface area contributed by atoms with Gasteiger partial charge in [0.2, 0.25) is 20.0 Å². The summed E-state index contributed by atoms with van der Waals surface area (Å²) in [6, 6.07) is 3.50. The maximum absolute atomic E-state index is 12.0. The number of anilines is 1. The minimum absolute atomic E-state index is 0.0677. The van der Waals surface area contributed by atoms with Gasteiger partial charge in [0.15, 0.2) is 5.25 Å². The van der Waals surface area contributed by atoms with Gasteiger partial charge in [-0.3, -0.25) is 9.52 Å². The Balaban J connectivity index is 3.12. The number of hydrogen-bond donors (Lipinski definition) is 2. The Morgan fingerprint density at radius 1 is 1.33 bits per heavy atom. The first-order valence-electron chi connectivity index (χ1n) is 5.41. The largest absolute Gasteiger partial charge is 0.468 e. The SMILES string of the molecule is COC(=O)C(C)S(=O)(=O)Nc1ccc(S(N)(=O)=O)cc1Br. The summed E-state index contributed by atoms with van der Waals surface area (Å²) >= 11 is 3.03. The molecule has 0 saturated carbocycles. The molecule has 0 aliphatic rings. The standard InChI is InChI=1S/C10H13BrN2O6S2/c1-6(10(14)19-2)21(17,18)13-9-4-3-7(5-8(9)11)20(12,15)16/h3-6,13H,1-2H3,(H2,12,15,16). The number of primary sulfonamides is 1. The quantitative estimate of drug-likeness (QED) is 0.687. The van der Waals surface area contributed by atoms with E-state index in [0.717, 1.165) is 19.2 Å². The number of sulfonamides is 2. The molecule has 1 aromatic carbocycles. The van der Waals surface area contributed by atoms with E-state index in [9.17, 15) is 21.6 Å². The lowest BCUT2D eigenvalue weighted by Gasteiger charge is -2.14. The molecular weight excluding hydrogens is 388 g/mol. The van der Waals surface area contributed by atoms with E-state index in [1.165, 1.54) is 13.0 Å². The number of nitrogens with two attached hydrogens (primary N) is 1. The van der Waals surface area contributed by atoms with E-state index in [0.29, 0.717) is 0 Å². The maximum Gasteiger partial charge on any atom is 0.325 e. The van der Waals surface area contributed by atoms with Crippen molar-refractivity contribution in [3.05, 3.63) is 22.7 Å². The second-order valence-electron chi connectivity index (χ2n) is 4.00. The van der Waals surface area contributed by atoms with Crippen molar-refractivity contribution in [1.82, 2.24) is 0 Å². The fourth-order valence-electron chi connectivity index (χ4n) is 1.29. The van der Waals surface area contributed by atoms with Crippen LogP contribution in [0.5, 0.6) is 0 Å². The van der Waals surface area contributed by atoms with Crippen molar-refractivity contribution >= 4 is 47.6 Å². The molecular formula is C10H13BrN2O6S2. The first kappa shape index (κ1) is 17.9. The molecule has 0 saturated heterocycles. The zero-order chi connectivity index (χ0) is 16.4. The van der Waals surface area contributed by atoms with Crippen LogP contribution in [0.15, 0.2) is 27.6 Å². The fraction of sp³-hybridized carbons (Fsp3) is 0.300. The van der Waals surface area contributed by atoms with Gasteiger partial charge in [-0.2, -0.15) is 0 Å². The smallest absolute Gasteiger partial charge is 0.325 e. The normalized spacial score (nSPS) is 13.5. The van der Waals surface area contributed by atoms with Crippen LogP contribution in [0.4, 0.5) is 5.69 Å². The molecule has 0 heterocycles. The van der Waals surface area contributed by atoms with Gasteiger partial charge in [0.05, 0.1) is 17.7 Å². The second kappa shape index (κ2) is 6.30. The predicted molar refractivity (Wildman–Crippen MR) is 79.5 cm³/mol. The number of rotatable bonds is 5. The Morgan fingerprint density at radius 2 is 1.90 bits per heavy atom. The van der Waals surface area contributed by atoms with Crippen molar-refractivity contribution in [2.24, 2.45) is 5.14 Å². The Kier molecular flexibility index (Phi) is 5.36. The van der Waals surface area contributed by atoms with Gasteiger partial charge in [0, 0.05) is 4.47 Å². The number of carbonyl (C=O) groups excluding carboxylic acids is 1. The van der Waals surface area contributed by atoms with E-state index in [1.807, 2.05) is 0 Å². The van der Waals surface area contributed by atoms with Gasteiger partial charge in [0.25, 0.3) is 0 Å². The predicted octanol–water partition coefficient (Wildman–Crippen LogP) is 0.400. The first-order valence-corrected chi connectivity index (χ1v) is 9.29. The van der Waals surface area contributed by atoms with Crippen LogP contribution in [0, 0.1) is 0 Å². The van der Waals surface area contributed by atoms with Gasteiger partial charge < -0.3 is 4.74 Å². The number of esters is 1. The van der Waals surface area contributed by atoms with Crippen LogP contribution in [-0.2, 0) is 29.6 Å². The topological polar surface area (TPSA) is 133 Å². The molecule has 118 valence electrons. The summed E-state index contributed by atoms with van der Waals surface area (Å²) in [6.07, 6.45) is 0. The number of ether oxygens (including phenoxy) is 1. The monoisotopic (exact) mass is 400 g/mol. The summed E-state index contributed by atoms with van der Waals surface area (Å²) in [6.45, 7) is 1.17. The number of nitrogens with one attached hydrogen (secondary N) is 1. The highest BCUT2D eigenvalue weighted by atomic mass is 79.9. The van der Waals surface area contributed by atoms with Gasteiger partial charge in [-0.05, 0) is 41.1 Å². The highest BCUT2D eigenvalue weighted by molar-refractivity contribution is 9.10. The Hall–Kier alpha value is -1.17. The van der Waals surface area contributed by atoms with Crippen LogP contribution in [-0.4, -0.2) is 35.2 Å². The lowest BCUT2D eigenvalue weighted by molar-refractivity contribution is -0.139. The third kappa shape index (κ3) is 4.40. The zero-order valence-corrected chi connectivity index (χ0v) is 14.2. The van der Waals surface area contributed by atoms with Gasteiger partial charge in [-0.1, -0.05) is 0 Å². The number of hydrogen-bond acceptors (Lipinski definition) is 6. The van der Waals surface area contributed by atoms with Gasteiger partial charge >= 0.3 is 5.97 Å². The summed E-state index contributed by atoms with van der Waals surface area (Å²) in [5, 5.41) is 3.54. The molecule has 1 rings (SSSR count). The average Bonchev–Trinajstić information content (AvgIpc) is 2.37. The molecule has 0 fully saturated rings. The molecule has 0 aromatic heterocycles. The van der Waals surface area contributed by atoms with E-state index in [1.54, 1.807) is 0 Å². The van der Waals surface area contributed by atoms with Gasteiger partial charge in [-0.25, -0.2) is 22.0 Å². The van der Waals surface area contributed by atoms with E-state index in [-0.39, 0.29) is 15.1 Å². The Bertz CT molecular complexity index is 760. The summed E-state index contributed by atoms with van der Waals surface area (Å²) < 4.78 is 53.0. The molecule has 1 unspecified atom stereocenters. The molecule has 0 aliphatic heterocycles. The highest BCUT2D eigenvalue weighted by Gasteiger charge is 2.29. The summed E-state index contributed by atoms with van der Waals surface area (Å²) in [5.41, 5.74) is 0.0677. The lowest BCUT2D eigenvalue weighted by Crippen LogP contribution is -2.33. The zero-order valence-electron chi connectivity index (χ0n) is 11.0. The van der Waals surface area contributed by atoms with Crippen molar-refractivity contribution in [1.29, 1.82) is 0 Å². The lowest BCUT2D eigenvalue weighted by atomic mass is 10.3. The van der Waals surface area contributed by atoms with Crippen LogP contribution < -0.4 is 9.86 Å². The van der Waals surface area contributed by atoms with Crippen molar-refractivity contribution in [2.45, 2.75) is 17.1 Å². The average molecular weight is 401 g/mol. The van der Waals surface area contributed by atoms with Crippen molar-refractivity contribution in [3.63, 3.8) is 0 Å². The molecule has 1 atom stereocenters. The summed E-state index contributed by atoms with van der Waals surface area (Å²) in [4.78, 5) is 11.1. The molecule has 0 aliphatic carbocycles. The van der Waals surface area contributed by atoms with Gasteiger partial charge in [-0.15, -0.1) is 0 Å². The van der Waals surface area contributed by atoms with Crippen LogP contribution in [0.3, 0.4) is 0 Å². The van der Waals surface area contributed by atoms with E-state index in [4.69, 9.17) is 5.14 Å². The number of carbonyl (C=O) groups is 1. The van der Waals surface area contributed by atoms with Crippen molar-refractivity contribution in [3.8, 4) is 0 Å². The second-order valence-corrected chi connectivity index (χ2v) is 8.42. The molecule has 0 bridgehead atoms. The Morgan fingerprint density at radius 3 is 2.33 bits per heavy atom. The minimum atomic E-state index is -4.03. The molecule has 8 nitrogen and oxygen atoms in total. The van der Waals surface area contributed by atoms with E-state index in [2.05, 4.69) is 25.4 Å². The van der Waals surface area contributed by atoms with E-state index < -0.39 is 31.3 Å². The molecule has 3 N–H and O–H groups in total. The fourth-order valence-corrected chi connectivity index (χ4v) is 3.60. The molecule has 0 spiro atoms. The summed E-state index contributed by atoms with van der Waals surface area (Å²) in [7, 11) is -6.86. The van der Waals surface area contributed by atoms with Crippen LogP contribution >= 0.6 is 15.9 Å². The number of halogens is 1. The molecule has 0 amide bonds. The minimum Gasteiger partial charge on any atom is -0.468 e. The maximum atomic E-state index is 12.0. The molecule has 1 aromatic rings. The number of benzene rings is 1. The highest BCUT2D eigenvalue weighted by Crippen LogP contribution is 2.26. The van der Waals surface area contributed by atoms with Crippen LogP contribution in [0.2, 0.25) is 0 Å². The van der Waals surface area contributed by atoms with Crippen molar-refractivity contribution < 1.29 is 26.4 Å². The third-order valence-electron chi connectivity index (χ3n) is 2.52. The van der Waals surface area contributed by atoms with E-state index >= 15 is 0 Å². The molecule has 21 heavy (non-hydrogen) atoms. The number of methoxy groups -OCH3 is 1. The van der Waals surface area contributed by atoms with Crippen molar-refractivity contribution in [2.75, 3.05) is 11.8 Å². The van der Waals surface area contributed by atoms with Crippen LogP contribution in [0.1, 0.15) is 6.92 Å². The third-order valence-corrected chi connectivity index (χ3v) is 5.71. The molecule has 0 radical (unpaired) electrons. The summed E-state index contributed by atoms with van der Waals surface area (Å²) in [5.74, 6) is -0.917. The van der Waals surface area contributed by atoms with Gasteiger partial charge in [0.1, 0.15) is 0 Å². The molecule has 11 heteroatoms. The first-order chi connectivity index (χ1) is 9.49. The van der Waals surface area contributed by atoms with Crippen LogP contribution in [0.25, 0.3) is 0 Å². The Labute approximate surface area is 130 Å².